The van der Waals surface area contributed by atoms with Crippen LogP contribution in [-0.4, -0.2) is 0 Å². The Morgan fingerprint density at radius 3 is 1.52 bits per heavy atom. The van der Waals surface area contributed by atoms with E-state index in [2.05, 4.69) is 34.6 Å². The molecule has 0 spiro atoms. The van der Waals surface area contributed by atoms with E-state index in [1.165, 1.54) is 51.4 Å². The molecule has 150 valence electrons. The summed E-state index contributed by atoms with van der Waals surface area (Å²) < 4.78 is 12.3. The fourth-order valence-corrected chi connectivity index (χ4v) is 6.07. The molecule has 0 radical (unpaired) electrons. The molecule has 1 heteroatoms. The van der Waals surface area contributed by atoms with Crippen molar-refractivity contribution >= 4 is 0 Å². The Kier molecular flexibility index (Phi) is 6.82. The average molecular weight is 371 g/mol. The second kappa shape index (κ2) is 8.93. The molecular weight excluding hydrogens is 331 g/mol. The molecule has 3 rings (SSSR count). The molecule has 2 saturated carbocycles. The highest BCUT2D eigenvalue weighted by molar-refractivity contribution is 5.53. The number of halogens is 1. The topological polar surface area (TPSA) is 0 Å². The summed E-state index contributed by atoms with van der Waals surface area (Å²) in [6.07, 6.45) is 13.9. The number of rotatable bonds is 4. The molecule has 0 bridgehead atoms. The van der Waals surface area contributed by atoms with Gasteiger partial charge in [0.15, 0.2) is 0 Å². The van der Waals surface area contributed by atoms with E-state index in [1.807, 2.05) is 0 Å². The molecule has 0 aromatic heterocycles. The van der Waals surface area contributed by atoms with E-state index in [9.17, 15) is 4.39 Å². The number of benzene rings is 1. The summed E-state index contributed by atoms with van der Waals surface area (Å²) in [6, 6.07) is 0. The molecular formula is C26H39F. The molecule has 0 amide bonds. The normalized spacial score (nSPS) is 29.4. The van der Waals surface area contributed by atoms with Gasteiger partial charge in [-0.05, 0) is 130 Å². The SMILES string of the molecule is Cc1c(C)c(C2CCC(C/C=C/F)CC2)c(C)c(C)c1C1CCC(C)CC1. The lowest BCUT2D eigenvalue weighted by Gasteiger charge is -2.35. The second-order valence-electron chi connectivity index (χ2n) is 9.60. The highest BCUT2D eigenvalue weighted by Gasteiger charge is 2.29. The van der Waals surface area contributed by atoms with Crippen LogP contribution in [-0.2, 0) is 0 Å². The lowest BCUT2D eigenvalue weighted by molar-refractivity contribution is 0.326. The predicted molar refractivity (Wildman–Crippen MR) is 115 cm³/mol. The van der Waals surface area contributed by atoms with Crippen molar-refractivity contribution in [1.82, 2.24) is 0 Å². The van der Waals surface area contributed by atoms with E-state index in [4.69, 9.17) is 0 Å². The summed E-state index contributed by atoms with van der Waals surface area (Å²) in [5, 5.41) is 0. The zero-order valence-corrected chi connectivity index (χ0v) is 18.2. The van der Waals surface area contributed by atoms with Crippen molar-refractivity contribution in [3.05, 3.63) is 45.8 Å². The Morgan fingerprint density at radius 2 is 1.11 bits per heavy atom. The summed E-state index contributed by atoms with van der Waals surface area (Å²) in [4.78, 5) is 0. The van der Waals surface area contributed by atoms with E-state index < -0.39 is 0 Å². The Bertz CT molecular complexity index is 639. The van der Waals surface area contributed by atoms with Crippen LogP contribution in [0.4, 0.5) is 4.39 Å². The molecule has 0 saturated heterocycles. The summed E-state index contributed by atoms with van der Waals surface area (Å²) >= 11 is 0. The third kappa shape index (κ3) is 4.33. The van der Waals surface area contributed by atoms with Gasteiger partial charge in [-0.3, -0.25) is 0 Å². The molecule has 0 N–H and O–H groups in total. The first-order valence-electron chi connectivity index (χ1n) is 11.3. The van der Waals surface area contributed by atoms with Gasteiger partial charge in [-0.25, -0.2) is 4.39 Å². The molecule has 0 heterocycles. The summed E-state index contributed by atoms with van der Waals surface area (Å²) in [7, 11) is 0. The first kappa shape index (κ1) is 20.6. The van der Waals surface area contributed by atoms with Crippen LogP contribution in [0.3, 0.4) is 0 Å². The monoisotopic (exact) mass is 370 g/mol. The minimum atomic E-state index is 0.680. The van der Waals surface area contributed by atoms with Gasteiger partial charge in [-0.15, -0.1) is 0 Å². The largest absolute Gasteiger partial charge is 0.216 e. The number of allylic oxidation sites excluding steroid dienone is 1. The third-order valence-electron chi connectivity index (χ3n) is 7.98. The minimum Gasteiger partial charge on any atom is -0.216 e. The van der Waals surface area contributed by atoms with Crippen LogP contribution >= 0.6 is 0 Å². The molecule has 0 nitrogen and oxygen atoms in total. The Morgan fingerprint density at radius 1 is 0.704 bits per heavy atom. The number of hydrogen-bond donors (Lipinski definition) is 0. The van der Waals surface area contributed by atoms with Crippen molar-refractivity contribution in [3.63, 3.8) is 0 Å². The molecule has 27 heavy (non-hydrogen) atoms. The van der Waals surface area contributed by atoms with Gasteiger partial charge in [0, 0.05) is 0 Å². The summed E-state index contributed by atoms with van der Waals surface area (Å²) in [6.45, 7) is 11.9. The third-order valence-corrected chi connectivity index (χ3v) is 7.98. The van der Waals surface area contributed by atoms with Gasteiger partial charge >= 0.3 is 0 Å². The lowest BCUT2D eigenvalue weighted by atomic mass is 9.70. The van der Waals surface area contributed by atoms with Crippen LogP contribution in [0.1, 0.15) is 110 Å². The van der Waals surface area contributed by atoms with Gasteiger partial charge in [-0.1, -0.05) is 25.8 Å². The summed E-state index contributed by atoms with van der Waals surface area (Å²) in [5.41, 5.74) is 9.63. The molecule has 2 aliphatic carbocycles. The Labute approximate surface area is 166 Å². The zero-order valence-electron chi connectivity index (χ0n) is 18.2. The highest BCUT2D eigenvalue weighted by atomic mass is 19.1. The standard InChI is InChI=1S/C26H39F/c1-17-8-12-23(13-9-17)25-18(2)20(4)26(21(5)19(25)3)24-14-10-22(11-15-24)7-6-16-27/h6,16-17,22-24H,7-15H2,1-5H3/b16-6+. The minimum absolute atomic E-state index is 0.680. The van der Waals surface area contributed by atoms with E-state index in [-0.39, 0.29) is 0 Å². The van der Waals surface area contributed by atoms with E-state index in [0.717, 1.165) is 24.6 Å². The maximum Gasteiger partial charge on any atom is 0.0827 e. The molecule has 0 unspecified atom stereocenters. The maximum absolute atomic E-state index is 12.3. The van der Waals surface area contributed by atoms with Gasteiger partial charge in [0.2, 0.25) is 0 Å². The van der Waals surface area contributed by atoms with Gasteiger partial charge in [0.1, 0.15) is 0 Å². The molecule has 1 aromatic rings. The quantitative estimate of drug-likeness (QED) is 0.499. The predicted octanol–water partition coefficient (Wildman–Crippen LogP) is 8.36. The molecule has 0 aliphatic heterocycles. The van der Waals surface area contributed by atoms with Gasteiger partial charge < -0.3 is 0 Å². The fraction of sp³-hybridized carbons (Fsp3) is 0.692. The van der Waals surface area contributed by atoms with Crippen LogP contribution in [0.2, 0.25) is 0 Å². The van der Waals surface area contributed by atoms with Crippen molar-refractivity contribution in [2.45, 2.75) is 104 Å². The molecule has 2 fully saturated rings. The zero-order chi connectivity index (χ0) is 19.6. The average Bonchev–Trinajstić information content (AvgIpc) is 2.67. The van der Waals surface area contributed by atoms with Crippen LogP contribution in [0.5, 0.6) is 0 Å². The van der Waals surface area contributed by atoms with Crippen molar-refractivity contribution in [2.24, 2.45) is 11.8 Å². The molecule has 2 aliphatic rings. The van der Waals surface area contributed by atoms with Gasteiger partial charge in [-0.2, -0.15) is 0 Å². The van der Waals surface area contributed by atoms with Gasteiger partial charge in [0.05, 0.1) is 6.33 Å². The smallest absolute Gasteiger partial charge is 0.0827 e. The van der Waals surface area contributed by atoms with Crippen molar-refractivity contribution in [1.29, 1.82) is 0 Å². The fourth-order valence-electron chi connectivity index (χ4n) is 6.07. The van der Waals surface area contributed by atoms with Crippen molar-refractivity contribution < 1.29 is 4.39 Å². The summed E-state index contributed by atoms with van der Waals surface area (Å²) in [5.74, 6) is 3.06. The van der Waals surface area contributed by atoms with Crippen molar-refractivity contribution in [3.8, 4) is 0 Å². The van der Waals surface area contributed by atoms with E-state index >= 15 is 0 Å². The van der Waals surface area contributed by atoms with Gasteiger partial charge in [0.25, 0.3) is 0 Å². The number of hydrogen-bond acceptors (Lipinski definition) is 0. The van der Waals surface area contributed by atoms with E-state index in [1.54, 1.807) is 39.5 Å². The Balaban J connectivity index is 1.84. The van der Waals surface area contributed by atoms with Crippen LogP contribution in [0.15, 0.2) is 12.4 Å². The van der Waals surface area contributed by atoms with Crippen LogP contribution in [0, 0.1) is 39.5 Å². The highest BCUT2D eigenvalue weighted by Crippen LogP contribution is 2.45. The first-order valence-corrected chi connectivity index (χ1v) is 11.3. The second-order valence-corrected chi connectivity index (χ2v) is 9.60. The van der Waals surface area contributed by atoms with Crippen LogP contribution < -0.4 is 0 Å². The van der Waals surface area contributed by atoms with Crippen LogP contribution in [0.25, 0.3) is 0 Å². The first-order chi connectivity index (χ1) is 12.9. The van der Waals surface area contributed by atoms with Crippen molar-refractivity contribution in [2.75, 3.05) is 0 Å². The Hall–Kier alpha value is -1.11. The maximum atomic E-state index is 12.3. The molecule has 0 atom stereocenters. The van der Waals surface area contributed by atoms with E-state index in [0.29, 0.717) is 11.8 Å². The molecule has 1 aromatic carbocycles. The lowest BCUT2D eigenvalue weighted by Crippen LogP contribution is -2.18.